The number of aliphatic hydroxyl groups is 1. The standard InChI is InChI=1S/C31H35ClN6O5/c1-4-42-28-23(14-21(32)17-33-28)29-36-35-27(43-29)19-10-8-9-18(13-19)26(39)34-24-25(20-15-31(2,41)16-20)37(3)38(30(24)40)22-11-6-5-7-12-22/h5-7,11-12,14,17-20,41H,4,8-10,13,15-16H2,1-3H3,(H,34,39)/t18-,19+,20?,31?/m1/s1. The van der Waals surface area contributed by atoms with Crippen molar-refractivity contribution in [1.29, 1.82) is 0 Å². The van der Waals surface area contributed by atoms with E-state index in [4.69, 9.17) is 20.8 Å². The first-order valence-corrected chi connectivity index (χ1v) is 15.1. The van der Waals surface area contributed by atoms with Gasteiger partial charge in [-0.2, -0.15) is 0 Å². The molecule has 1 aromatic carbocycles. The number of ether oxygens (including phenoxy) is 1. The van der Waals surface area contributed by atoms with Crippen molar-refractivity contribution < 1.29 is 19.1 Å². The molecule has 2 saturated carbocycles. The molecule has 0 radical (unpaired) electrons. The summed E-state index contributed by atoms with van der Waals surface area (Å²) in [6.45, 7) is 4.07. The van der Waals surface area contributed by atoms with Gasteiger partial charge in [0.1, 0.15) is 11.3 Å². The number of para-hydroxylation sites is 1. The largest absolute Gasteiger partial charge is 0.477 e. The summed E-state index contributed by atoms with van der Waals surface area (Å²) >= 11 is 6.17. The van der Waals surface area contributed by atoms with E-state index in [0.29, 0.717) is 60.3 Å². The number of nitrogens with one attached hydrogen (secondary N) is 1. The Kier molecular flexibility index (Phi) is 7.87. The Hall–Kier alpha value is -3.96. The van der Waals surface area contributed by atoms with Crippen molar-refractivity contribution in [2.45, 2.75) is 69.8 Å². The molecule has 2 fully saturated rings. The normalized spacial score (nSPS) is 23.5. The monoisotopic (exact) mass is 606 g/mol. The van der Waals surface area contributed by atoms with E-state index in [0.717, 1.165) is 18.5 Å². The number of anilines is 1. The zero-order valence-corrected chi connectivity index (χ0v) is 25.2. The van der Waals surface area contributed by atoms with Gasteiger partial charge in [-0.1, -0.05) is 36.2 Å². The molecule has 2 aliphatic carbocycles. The molecule has 0 bridgehead atoms. The van der Waals surface area contributed by atoms with Crippen LogP contribution in [0, 0.1) is 5.92 Å². The highest BCUT2D eigenvalue weighted by atomic mass is 35.5. The number of carbonyl (C=O) groups is 1. The van der Waals surface area contributed by atoms with Crippen molar-refractivity contribution in [1.82, 2.24) is 24.5 Å². The van der Waals surface area contributed by atoms with E-state index in [-0.39, 0.29) is 40.8 Å². The first kappa shape index (κ1) is 29.1. The van der Waals surface area contributed by atoms with E-state index in [1.165, 1.54) is 6.20 Å². The highest BCUT2D eigenvalue weighted by Crippen LogP contribution is 2.46. The maximum Gasteiger partial charge on any atom is 0.295 e. The van der Waals surface area contributed by atoms with Gasteiger partial charge in [-0.3, -0.25) is 14.3 Å². The molecular formula is C31H35ClN6O5. The minimum absolute atomic E-state index is 0.0496. The predicted octanol–water partition coefficient (Wildman–Crippen LogP) is 5.21. The average Bonchev–Trinajstić information content (AvgIpc) is 3.56. The van der Waals surface area contributed by atoms with Gasteiger partial charge < -0.3 is 19.6 Å². The minimum atomic E-state index is -0.791. The van der Waals surface area contributed by atoms with Gasteiger partial charge in [0.25, 0.3) is 11.4 Å². The van der Waals surface area contributed by atoms with E-state index in [2.05, 4.69) is 20.5 Å². The Morgan fingerprint density at radius 3 is 2.70 bits per heavy atom. The number of benzene rings is 1. The number of amides is 1. The molecule has 0 spiro atoms. The van der Waals surface area contributed by atoms with Crippen LogP contribution in [0.4, 0.5) is 5.69 Å². The van der Waals surface area contributed by atoms with Gasteiger partial charge >= 0.3 is 0 Å². The van der Waals surface area contributed by atoms with Gasteiger partial charge in [-0.05, 0) is 64.2 Å². The minimum Gasteiger partial charge on any atom is -0.477 e. The molecular weight excluding hydrogens is 572 g/mol. The average molecular weight is 607 g/mol. The third-order valence-corrected chi connectivity index (χ3v) is 8.69. The SMILES string of the molecule is CCOc1ncc(Cl)cc1-c1nnc([C@H]2CCC[C@@H](C(=O)Nc3c(C4CC(C)(O)C4)n(C)n(-c4ccccc4)c3=O)C2)o1. The molecule has 2 atom stereocenters. The molecule has 11 nitrogen and oxygen atoms in total. The Bertz CT molecular complexity index is 1690. The van der Waals surface area contributed by atoms with E-state index >= 15 is 0 Å². The lowest BCUT2D eigenvalue weighted by atomic mass is 9.70. The molecule has 3 aromatic heterocycles. The molecule has 0 aliphatic heterocycles. The van der Waals surface area contributed by atoms with Crippen LogP contribution in [-0.2, 0) is 11.8 Å². The summed E-state index contributed by atoms with van der Waals surface area (Å²) < 4.78 is 15.1. The Morgan fingerprint density at radius 1 is 1.21 bits per heavy atom. The smallest absolute Gasteiger partial charge is 0.295 e. The molecule has 2 aliphatic rings. The summed E-state index contributed by atoms with van der Waals surface area (Å²) in [6, 6.07) is 11.0. The molecule has 3 heterocycles. The van der Waals surface area contributed by atoms with Crippen molar-refractivity contribution >= 4 is 23.2 Å². The van der Waals surface area contributed by atoms with Crippen molar-refractivity contribution in [2.75, 3.05) is 11.9 Å². The quantitative estimate of drug-likeness (QED) is 0.279. The van der Waals surface area contributed by atoms with Crippen LogP contribution in [0.2, 0.25) is 5.02 Å². The summed E-state index contributed by atoms with van der Waals surface area (Å²) in [4.78, 5) is 31.7. The highest BCUT2D eigenvalue weighted by Gasteiger charge is 2.43. The van der Waals surface area contributed by atoms with Gasteiger partial charge in [-0.15, -0.1) is 10.2 Å². The Balaban J connectivity index is 1.24. The first-order chi connectivity index (χ1) is 20.6. The molecule has 4 aromatic rings. The number of rotatable bonds is 8. The maximum atomic E-state index is 13.8. The molecule has 12 heteroatoms. The molecule has 226 valence electrons. The van der Waals surface area contributed by atoms with Crippen LogP contribution in [0.25, 0.3) is 17.1 Å². The van der Waals surface area contributed by atoms with Crippen LogP contribution in [0.5, 0.6) is 5.88 Å². The Morgan fingerprint density at radius 2 is 1.98 bits per heavy atom. The summed E-state index contributed by atoms with van der Waals surface area (Å²) in [7, 11) is 1.82. The topological polar surface area (TPSA) is 137 Å². The molecule has 6 rings (SSSR count). The van der Waals surface area contributed by atoms with Crippen LogP contribution in [0.15, 0.2) is 51.8 Å². The van der Waals surface area contributed by atoms with Gasteiger partial charge in [0.15, 0.2) is 0 Å². The zero-order chi connectivity index (χ0) is 30.3. The first-order valence-electron chi connectivity index (χ1n) is 14.7. The number of nitrogens with zero attached hydrogens (tertiary/aromatic N) is 5. The van der Waals surface area contributed by atoms with Gasteiger partial charge in [0.2, 0.25) is 17.7 Å². The van der Waals surface area contributed by atoms with E-state index in [1.54, 1.807) is 22.4 Å². The molecule has 0 saturated heterocycles. The Labute approximate surface area is 253 Å². The van der Waals surface area contributed by atoms with Crippen LogP contribution in [0.1, 0.15) is 75.8 Å². The highest BCUT2D eigenvalue weighted by molar-refractivity contribution is 6.30. The fraction of sp³-hybridized carbons (Fsp3) is 0.452. The molecule has 1 amide bonds. The van der Waals surface area contributed by atoms with Crippen molar-refractivity contribution in [3.05, 3.63) is 69.6 Å². The predicted molar refractivity (Wildman–Crippen MR) is 161 cm³/mol. The fourth-order valence-electron chi connectivity index (χ4n) is 6.48. The second-order valence-electron chi connectivity index (χ2n) is 11.8. The maximum absolute atomic E-state index is 13.8. The van der Waals surface area contributed by atoms with Crippen molar-refractivity contribution in [3.63, 3.8) is 0 Å². The number of hydrogen-bond donors (Lipinski definition) is 2. The van der Waals surface area contributed by atoms with Crippen molar-refractivity contribution in [2.24, 2.45) is 13.0 Å². The lowest BCUT2D eigenvalue weighted by Crippen LogP contribution is -2.40. The molecule has 0 unspecified atom stereocenters. The molecule has 2 N–H and O–H groups in total. The van der Waals surface area contributed by atoms with Crippen LogP contribution in [-0.4, -0.2) is 47.8 Å². The number of pyridine rings is 1. The number of aromatic nitrogens is 5. The summed E-state index contributed by atoms with van der Waals surface area (Å²) in [5.74, 6) is 0.333. The van der Waals surface area contributed by atoms with Gasteiger partial charge in [-0.25, -0.2) is 9.67 Å². The summed E-state index contributed by atoms with van der Waals surface area (Å²) in [5.41, 5.74) is 1.13. The number of carbonyl (C=O) groups excluding carboxylic acids is 1. The van der Waals surface area contributed by atoms with Gasteiger partial charge in [0.05, 0.1) is 28.6 Å². The fourth-order valence-corrected chi connectivity index (χ4v) is 6.64. The van der Waals surface area contributed by atoms with Crippen LogP contribution >= 0.6 is 11.6 Å². The second kappa shape index (κ2) is 11.6. The van der Waals surface area contributed by atoms with E-state index in [1.807, 2.05) is 44.3 Å². The third kappa shape index (κ3) is 5.71. The summed E-state index contributed by atoms with van der Waals surface area (Å²) in [5, 5.41) is 22.4. The molecule has 43 heavy (non-hydrogen) atoms. The number of halogens is 1. The van der Waals surface area contributed by atoms with E-state index < -0.39 is 5.60 Å². The third-order valence-electron chi connectivity index (χ3n) is 8.48. The van der Waals surface area contributed by atoms with E-state index in [9.17, 15) is 14.7 Å². The second-order valence-corrected chi connectivity index (χ2v) is 12.2. The van der Waals surface area contributed by atoms with Crippen LogP contribution in [0.3, 0.4) is 0 Å². The van der Waals surface area contributed by atoms with Crippen LogP contribution < -0.4 is 15.6 Å². The zero-order valence-electron chi connectivity index (χ0n) is 24.4. The van der Waals surface area contributed by atoms with Crippen molar-refractivity contribution in [3.8, 4) is 23.0 Å². The summed E-state index contributed by atoms with van der Waals surface area (Å²) in [6.07, 6.45) is 5.31. The lowest BCUT2D eigenvalue weighted by Gasteiger charge is -2.41. The number of hydrogen-bond acceptors (Lipinski definition) is 8. The lowest BCUT2D eigenvalue weighted by molar-refractivity contribution is -0.121. The van der Waals surface area contributed by atoms with Gasteiger partial charge in [0, 0.05) is 31.0 Å².